The molecule has 1 aliphatic rings. The Kier molecular flexibility index (Phi) is 7.21. The number of likely N-dealkylation sites (N-methyl/N-ethyl adjacent to an activating group) is 1. The number of benzene rings is 2. The number of fused-ring (bicyclic) bond motifs is 1. The van der Waals surface area contributed by atoms with Crippen molar-refractivity contribution in [3.05, 3.63) is 76.6 Å². The number of alkyl halides is 3. The van der Waals surface area contributed by atoms with E-state index in [0.717, 1.165) is 40.8 Å². The first kappa shape index (κ1) is 25.5. The minimum Gasteiger partial charge on any atom is -0.484 e. The van der Waals surface area contributed by atoms with Gasteiger partial charge in [0.2, 0.25) is 0 Å². The number of aromatic nitrogens is 1. The van der Waals surface area contributed by atoms with Crippen molar-refractivity contribution in [1.82, 2.24) is 9.88 Å². The lowest BCUT2D eigenvalue weighted by Gasteiger charge is -2.35. The SMILES string of the molecule is Cc1cc(OCC(F)(F)F)cc(C)c1-c1ccc2c(c1)CCN(C)[C@H]2CNc1cnccc1C(=O)O. The van der Waals surface area contributed by atoms with Crippen molar-refractivity contribution in [3.63, 3.8) is 0 Å². The average molecular weight is 500 g/mol. The summed E-state index contributed by atoms with van der Waals surface area (Å²) in [4.78, 5) is 17.8. The third-order valence-corrected chi connectivity index (χ3v) is 6.50. The third-order valence-electron chi connectivity index (χ3n) is 6.50. The third kappa shape index (κ3) is 5.62. The van der Waals surface area contributed by atoms with Gasteiger partial charge in [-0.15, -0.1) is 0 Å². The summed E-state index contributed by atoms with van der Waals surface area (Å²) in [7, 11) is 2.04. The summed E-state index contributed by atoms with van der Waals surface area (Å²) in [5, 5.41) is 12.7. The number of hydrogen-bond acceptors (Lipinski definition) is 5. The van der Waals surface area contributed by atoms with Crippen molar-refractivity contribution < 1.29 is 27.8 Å². The highest BCUT2D eigenvalue weighted by molar-refractivity contribution is 5.93. The lowest BCUT2D eigenvalue weighted by Crippen LogP contribution is -2.36. The second-order valence-corrected chi connectivity index (χ2v) is 9.10. The number of nitrogens with one attached hydrogen (secondary N) is 1. The van der Waals surface area contributed by atoms with E-state index in [-0.39, 0.29) is 17.4 Å². The molecule has 1 aliphatic heterocycles. The monoisotopic (exact) mass is 499 g/mol. The first-order valence-corrected chi connectivity index (χ1v) is 11.6. The van der Waals surface area contributed by atoms with Crippen LogP contribution in [0.5, 0.6) is 5.75 Å². The Labute approximate surface area is 207 Å². The maximum absolute atomic E-state index is 12.6. The number of rotatable bonds is 7. The van der Waals surface area contributed by atoms with Crippen molar-refractivity contribution in [2.24, 2.45) is 0 Å². The van der Waals surface area contributed by atoms with Gasteiger partial charge in [-0.25, -0.2) is 4.79 Å². The van der Waals surface area contributed by atoms with Crippen LogP contribution in [-0.2, 0) is 6.42 Å². The number of anilines is 1. The number of aromatic carboxylic acids is 1. The van der Waals surface area contributed by atoms with Gasteiger partial charge in [0.25, 0.3) is 0 Å². The summed E-state index contributed by atoms with van der Waals surface area (Å²) >= 11 is 0. The van der Waals surface area contributed by atoms with E-state index < -0.39 is 18.8 Å². The van der Waals surface area contributed by atoms with Gasteiger partial charge in [-0.2, -0.15) is 13.2 Å². The normalized spacial score (nSPS) is 15.9. The highest BCUT2D eigenvalue weighted by Gasteiger charge is 2.29. The molecule has 2 N–H and O–H groups in total. The van der Waals surface area contributed by atoms with E-state index in [1.54, 1.807) is 12.1 Å². The van der Waals surface area contributed by atoms with Gasteiger partial charge in [-0.05, 0) is 78.9 Å². The Bertz CT molecular complexity index is 1250. The van der Waals surface area contributed by atoms with Crippen molar-refractivity contribution in [3.8, 4) is 16.9 Å². The van der Waals surface area contributed by atoms with Gasteiger partial charge in [0.1, 0.15) is 5.75 Å². The minimum atomic E-state index is -4.39. The Morgan fingerprint density at radius 2 is 1.92 bits per heavy atom. The number of pyridine rings is 1. The molecule has 1 atom stereocenters. The molecule has 190 valence electrons. The molecule has 0 fully saturated rings. The number of halogens is 3. The summed E-state index contributed by atoms with van der Waals surface area (Å²) in [5.41, 5.74) is 6.66. The smallest absolute Gasteiger partial charge is 0.422 e. The van der Waals surface area contributed by atoms with Crippen LogP contribution in [0.2, 0.25) is 0 Å². The van der Waals surface area contributed by atoms with Crippen LogP contribution >= 0.6 is 0 Å². The van der Waals surface area contributed by atoms with Gasteiger partial charge in [0.05, 0.1) is 23.5 Å². The van der Waals surface area contributed by atoms with Crippen LogP contribution in [0.1, 0.15) is 38.7 Å². The van der Waals surface area contributed by atoms with Gasteiger partial charge in [-0.3, -0.25) is 9.88 Å². The number of carboxylic acid groups (broad SMARTS) is 1. The zero-order valence-electron chi connectivity index (χ0n) is 20.3. The van der Waals surface area contributed by atoms with E-state index in [1.165, 1.54) is 24.0 Å². The van der Waals surface area contributed by atoms with Crippen LogP contribution in [0.25, 0.3) is 11.1 Å². The second kappa shape index (κ2) is 10.2. The van der Waals surface area contributed by atoms with Gasteiger partial charge in [0, 0.05) is 19.3 Å². The Morgan fingerprint density at radius 3 is 2.58 bits per heavy atom. The van der Waals surface area contributed by atoms with Gasteiger partial charge >= 0.3 is 12.1 Å². The molecule has 0 amide bonds. The number of nitrogens with zero attached hydrogens (tertiary/aromatic N) is 2. The molecule has 6 nitrogen and oxygen atoms in total. The van der Waals surface area contributed by atoms with Crippen molar-refractivity contribution >= 4 is 11.7 Å². The molecule has 0 radical (unpaired) electrons. The molecule has 0 spiro atoms. The Morgan fingerprint density at radius 1 is 1.19 bits per heavy atom. The molecule has 3 aromatic rings. The second-order valence-electron chi connectivity index (χ2n) is 9.10. The van der Waals surface area contributed by atoms with Crippen molar-refractivity contribution in [1.29, 1.82) is 0 Å². The van der Waals surface area contributed by atoms with Gasteiger partial charge in [-0.1, -0.05) is 18.2 Å². The van der Waals surface area contributed by atoms with Crippen molar-refractivity contribution in [2.75, 3.05) is 32.1 Å². The van der Waals surface area contributed by atoms with E-state index in [0.29, 0.717) is 12.2 Å². The van der Waals surface area contributed by atoms with Crippen LogP contribution in [0.3, 0.4) is 0 Å². The van der Waals surface area contributed by atoms with E-state index >= 15 is 0 Å². The van der Waals surface area contributed by atoms with Crippen LogP contribution in [-0.4, -0.2) is 53.9 Å². The molecule has 2 aromatic carbocycles. The predicted molar refractivity (Wildman–Crippen MR) is 132 cm³/mol. The average Bonchev–Trinajstić information content (AvgIpc) is 2.81. The molecular formula is C27H28F3N3O3. The van der Waals surface area contributed by atoms with Crippen LogP contribution in [0, 0.1) is 13.8 Å². The maximum Gasteiger partial charge on any atom is 0.422 e. The Hall–Kier alpha value is -3.59. The van der Waals surface area contributed by atoms with Gasteiger partial charge < -0.3 is 15.2 Å². The molecule has 0 unspecified atom stereocenters. The molecule has 9 heteroatoms. The fourth-order valence-electron chi connectivity index (χ4n) is 4.81. The highest BCUT2D eigenvalue weighted by atomic mass is 19.4. The van der Waals surface area contributed by atoms with Gasteiger partial charge in [0.15, 0.2) is 6.61 Å². The molecule has 0 bridgehead atoms. The summed E-state index contributed by atoms with van der Waals surface area (Å²) in [6.07, 6.45) is -0.556. The fourth-order valence-corrected chi connectivity index (χ4v) is 4.81. The molecule has 4 rings (SSSR count). The van der Waals surface area contributed by atoms with Crippen LogP contribution in [0.4, 0.5) is 18.9 Å². The zero-order chi connectivity index (χ0) is 26.0. The molecule has 0 saturated heterocycles. The standard InChI is InChI=1S/C27H28F3N3O3/c1-16-10-20(36-15-27(28,29)30)11-17(2)25(16)19-4-5-21-18(12-19)7-9-33(3)24(21)14-32-23-13-31-8-6-22(23)26(34)35/h4-6,8,10-13,24,32H,7,9,14-15H2,1-3H3,(H,34,35)/t24-/m0/s1. The van der Waals surface area contributed by atoms with Crippen molar-refractivity contribution in [2.45, 2.75) is 32.5 Å². The van der Waals surface area contributed by atoms with Crippen LogP contribution < -0.4 is 10.1 Å². The Balaban J connectivity index is 1.58. The molecule has 1 aromatic heterocycles. The summed E-state index contributed by atoms with van der Waals surface area (Å²) in [5.74, 6) is -0.810. The summed E-state index contributed by atoms with van der Waals surface area (Å²) in [6.45, 7) is 3.77. The lowest BCUT2D eigenvalue weighted by atomic mass is 9.87. The summed E-state index contributed by atoms with van der Waals surface area (Å²) in [6, 6.07) is 11.0. The first-order valence-electron chi connectivity index (χ1n) is 11.6. The van der Waals surface area contributed by atoms with E-state index in [1.807, 2.05) is 27.0 Å². The molecule has 36 heavy (non-hydrogen) atoms. The number of carboxylic acids is 1. The summed E-state index contributed by atoms with van der Waals surface area (Å²) < 4.78 is 42.6. The molecule has 0 aliphatic carbocycles. The predicted octanol–water partition coefficient (Wildman–Crippen LogP) is 5.65. The number of ether oxygens (including phenoxy) is 1. The number of carbonyl (C=O) groups is 1. The van der Waals surface area contributed by atoms with E-state index in [9.17, 15) is 23.1 Å². The maximum atomic E-state index is 12.6. The quantitative estimate of drug-likeness (QED) is 0.438. The first-order chi connectivity index (χ1) is 17.0. The fraction of sp³-hybridized carbons (Fsp3) is 0.333. The molecule has 0 saturated carbocycles. The van der Waals surface area contributed by atoms with Crippen LogP contribution in [0.15, 0.2) is 48.8 Å². The number of hydrogen-bond donors (Lipinski definition) is 2. The zero-order valence-corrected chi connectivity index (χ0v) is 20.3. The molecular weight excluding hydrogens is 471 g/mol. The topological polar surface area (TPSA) is 74.7 Å². The van der Waals surface area contributed by atoms with E-state index in [4.69, 9.17) is 4.74 Å². The lowest BCUT2D eigenvalue weighted by molar-refractivity contribution is -0.153. The highest BCUT2D eigenvalue weighted by Crippen LogP contribution is 2.36. The number of aryl methyl sites for hydroxylation is 2. The van der Waals surface area contributed by atoms with E-state index in [2.05, 4.69) is 27.3 Å². The minimum absolute atomic E-state index is 0.0324. The largest absolute Gasteiger partial charge is 0.484 e. The molecule has 2 heterocycles.